The van der Waals surface area contributed by atoms with Crippen molar-refractivity contribution in [3.8, 4) is 0 Å². The Hall–Kier alpha value is -2.36. The molecule has 98 valence electrons. The summed E-state index contributed by atoms with van der Waals surface area (Å²) >= 11 is 0. The molecular weight excluding hydrogens is 238 g/mol. The predicted octanol–water partition coefficient (Wildman–Crippen LogP) is 3.01. The van der Waals surface area contributed by atoms with Crippen LogP contribution in [0.1, 0.15) is 18.4 Å². The number of aromatic nitrogens is 1. The topological polar surface area (TPSA) is 54.0 Å². The highest BCUT2D eigenvalue weighted by atomic mass is 16.2. The molecule has 1 heterocycles. The van der Waals surface area contributed by atoms with Crippen LogP contribution in [0, 0.1) is 0 Å². The number of hydrogen-bond acceptors (Lipinski definition) is 2. The average molecular weight is 255 g/mol. The van der Waals surface area contributed by atoms with Gasteiger partial charge in [0.15, 0.2) is 0 Å². The first kappa shape index (κ1) is 13.1. The first-order valence-corrected chi connectivity index (χ1v) is 6.25. The molecule has 0 spiro atoms. The number of amides is 2. The van der Waals surface area contributed by atoms with Gasteiger partial charge in [0.1, 0.15) is 0 Å². The van der Waals surface area contributed by atoms with Gasteiger partial charge in [-0.15, -0.1) is 0 Å². The summed E-state index contributed by atoms with van der Waals surface area (Å²) in [7, 11) is 0. The van der Waals surface area contributed by atoms with Crippen LogP contribution in [0.3, 0.4) is 0 Å². The van der Waals surface area contributed by atoms with Crippen LogP contribution in [0.4, 0.5) is 10.5 Å². The van der Waals surface area contributed by atoms with E-state index in [1.165, 1.54) is 5.56 Å². The van der Waals surface area contributed by atoms with Crippen LogP contribution in [-0.4, -0.2) is 17.6 Å². The van der Waals surface area contributed by atoms with Crippen molar-refractivity contribution >= 4 is 11.7 Å². The molecule has 4 heteroatoms. The third-order valence-electron chi connectivity index (χ3n) is 2.86. The Bertz CT molecular complexity index is 513. The second kappa shape index (κ2) is 6.54. The van der Waals surface area contributed by atoms with Gasteiger partial charge in [-0.2, -0.15) is 0 Å². The molecule has 1 aromatic carbocycles. The predicted molar refractivity (Wildman–Crippen MR) is 76.1 cm³/mol. The minimum Gasteiger partial charge on any atom is -0.337 e. The molecule has 0 aliphatic carbocycles. The number of carbonyl (C=O) groups excluding carboxylic acids is 1. The molecule has 0 saturated carbocycles. The number of pyridine rings is 1. The summed E-state index contributed by atoms with van der Waals surface area (Å²) < 4.78 is 0. The molecule has 2 N–H and O–H groups in total. The van der Waals surface area contributed by atoms with Crippen LogP contribution < -0.4 is 10.6 Å². The minimum absolute atomic E-state index is 0.212. The van der Waals surface area contributed by atoms with Crippen molar-refractivity contribution in [1.82, 2.24) is 10.3 Å². The molecule has 0 unspecified atom stereocenters. The van der Waals surface area contributed by atoms with Crippen LogP contribution in [0.5, 0.6) is 0 Å². The van der Waals surface area contributed by atoms with Crippen LogP contribution in [0.2, 0.25) is 0 Å². The third kappa shape index (κ3) is 4.10. The van der Waals surface area contributed by atoms with E-state index in [1.807, 2.05) is 18.2 Å². The number of rotatable bonds is 4. The van der Waals surface area contributed by atoms with Gasteiger partial charge < -0.3 is 10.6 Å². The van der Waals surface area contributed by atoms with Gasteiger partial charge >= 0.3 is 6.03 Å². The Morgan fingerprint density at radius 1 is 1.21 bits per heavy atom. The lowest BCUT2D eigenvalue weighted by atomic mass is 10.0. The minimum atomic E-state index is -0.212. The van der Waals surface area contributed by atoms with E-state index in [1.54, 1.807) is 24.5 Å². The maximum Gasteiger partial charge on any atom is 0.319 e. The van der Waals surface area contributed by atoms with E-state index >= 15 is 0 Å². The third-order valence-corrected chi connectivity index (χ3v) is 2.86. The average Bonchev–Trinajstić information content (AvgIpc) is 2.47. The van der Waals surface area contributed by atoms with Crippen LogP contribution in [-0.2, 0) is 0 Å². The van der Waals surface area contributed by atoms with E-state index < -0.39 is 0 Å². The summed E-state index contributed by atoms with van der Waals surface area (Å²) in [6.45, 7) is 2.68. The SMILES string of the molecule is C[C@@H](CNC(=O)Nc1cccnc1)c1ccccc1. The summed E-state index contributed by atoms with van der Waals surface area (Å²) in [5.74, 6) is 0.279. The maximum absolute atomic E-state index is 11.7. The Morgan fingerprint density at radius 2 is 2.00 bits per heavy atom. The van der Waals surface area contributed by atoms with Gasteiger partial charge in [-0.25, -0.2) is 4.79 Å². The highest BCUT2D eigenvalue weighted by molar-refractivity contribution is 5.88. The van der Waals surface area contributed by atoms with Crippen molar-refractivity contribution in [3.63, 3.8) is 0 Å². The highest BCUT2D eigenvalue weighted by Gasteiger charge is 2.07. The van der Waals surface area contributed by atoms with E-state index in [2.05, 4.69) is 34.7 Å². The van der Waals surface area contributed by atoms with E-state index in [4.69, 9.17) is 0 Å². The smallest absolute Gasteiger partial charge is 0.319 e. The fourth-order valence-electron chi connectivity index (χ4n) is 1.76. The molecule has 0 radical (unpaired) electrons. The quantitative estimate of drug-likeness (QED) is 0.882. The lowest BCUT2D eigenvalue weighted by molar-refractivity contribution is 0.251. The Balaban J connectivity index is 1.81. The van der Waals surface area contributed by atoms with Gasteiger partial charge in [0.25, 0.3) is 0 Å². The molecule has 4 nitrogen and oxygen atoms in total. The van der Waals surface area contributed by atoms with E-state index in [0.29, 0.717) is 12.2 Å². The van der Waals surface area contributed by atoms with Crippen molar-refractivity contribution in [2.75, 3.05) is 11.9 Å². The van der Waals surface area contributed by atoms with Gasteiger partial charge in [0.2, 0.25) is 0 Å². The Labute approximate surface area is 112 Å². The van der Waals surface area contributed by atoms with Crippen molar-refractivity contribution in [3.05, 3.63) is 60.4 Å². The van der Waals surface area contributed by atoms with Gasteiger partial charge in [-0.3, -0.25) is 4.98 Å². The summed E-state index contributed by atoms with van der Waals surface area (Å²) in [4.78, 5) is 15.6. The zero-order valence-electron chi connectivity index (χ0n) is 10.8. The maximum atomic E-state index is 11.7. The molecule has 0 saturated heterocycles. The largest absolute Gasteiger partial charge is 0.337 e. The molecule has 0 aliphatic heterocycles. The van der Waals surface area contributed by atoms with Gasteiger partial charge in [0.05, 0.1) is 11.9 Å². The molecule has 1 aromatic heterocycles. The van der Waals surface area contributed by atoms with Crippen LogP contribution in [0.25, 0.3) is 0 Å². The number of benzene rings is 1. The zero-order valence-corrected chi connectivity index (χ0v) is 10.8. The zero-order chi connectivity index (χ0) is 13.5. The highest BCUT2D eigenvalue weighted by Crippen LogP contribution is 2.13. The fourth-order valence-corrected chi connectivity index (χ4v) is 1.76. The Morgan fingerprint density at radius 3 is 2.68 bits per heavy atom. The first-order chi connectivity index (χ1) is 9.25. The van der Waals surface area contributed by atoms with Crippen molar-refractivity contribution in [2.45, 2.75) is 12.8 Å². The molecule has 0 bridgehead atoms. The standard InChI is InChI=1S/C15H17N3O/c1-12(13-6-3-2-4-7-13)10-17-15(19)18-14-8-5-9-16-11-14/h2-9,11-12H,10H2,1H3,(H2,17,18,19)/t12-/m0/s1. The number of hydrogen-bond donors (Lipinski definition) is 2. The molecule has 1 atom stereocenters. The number of nitrogens with zero attached hydrogens (tertiary/aromatic N) is 1. The molecule has 0 fully saturated rings. The molecule has 19 heavy (non-hydrogen) atoms. The Kier molecular flexibility index (Phi) is 4.50. The van der Waals surface area contributed by atoms with Gasteiger partial charge in [-0.1, -0.05) is 37.3 Å². The second-order valence-corrected chi connectivity index (χ2v) is 4.39. The summed E-state index contributed by atoms with van der Waals surface area (Å²) in [5, 5.41) is 5.59. The lowest BCUT2D eigenvalue weighted by Gasteiger charge is -2.13. The number of carbonyl (C=O) groups is 1. The fraction of sp³-hybridized carbons (Fsp3) is 0.200. The molecule has 0 aliphatic rings. The second-order valence-electron chi connectivity index (χ2n) is 4.39. The van der Waals surface area contributed by atoms with E-state index in [-0.39, 0.29) is 11.9 Å². The first-order valence-electron chi connectivity index (χ1n) is 6.25. The molecule has 2 rings (SSSR count). The van der Waals surface area contributed by atoms with E-state index in [9.17, 15) is 4.79 Å². The van der Waals surface area contributed by atoms with Crippen LogP contribution >= 0.6 is 0 Å². The van der Waals surface area contributed by atoms with E-state index in [0.717, 1.165) is 0 Å². The monoisotopic (exact) mass is 255 g/mol. The number of urea groups is 1. The normalized spacial score (nSPS) is 11.6. The number of nitrogens with one attached hydrogen (secondary N) is 2. The summed E-state index contributed by atoms with van der Waals surface area (Å²) in [6.07, 6.45) is 3.28. The number of anilines is 1. The summed E-state index contributed by atoms with van der Waals surface area (Å²) in [6, 6.07) is 13.5. The lowest BCUT2D eigenvalue weighted by Crippen LogP contribution is -2.31. The van der Waals surface area contributed by atoms with Crippen molar-refractivity contribution in [1.29, 1.82) is 0 Å². The van der Waals surface area contributed by atoms with Crippen molar-refractivity contribution < 1.29 is 4.79 Å². The van der Waals surface area contributed by atoms with Gasteiger partial charge in [-0.05, 0) is 23.6 Å². The van der Waals surface area contributed by atoms with Gasteiger partial charge in [0, 0.05) is 12.7 Å². The molecule has 2 amide bonds. The molecular formula is C15H17N3O. The van der Waals surface area contributed by atoms with Crippen molar-refractivity contribution in [2.24, 2.45) is 0 Å². The summed E-state index contributed by atoms with van der Waals surface area (Å²) in [5.41, 5.74) is 1.90. The molecule has 2 aromatic rings. The van der Waals surface area contributed by atoms with Crippen LogP contribution in [0.15, 0.2) is 54.9 Å².